The molecule has 0 bridgehead atoms. The Bertz CT molecular complexity index is 234. The van der Waals surface area contributed by atoms with Crippen molar-refractivity contribution in [3.63, 3.8) is 0 Å². The van der Waals surface area contributed by atoms with E-state index in [1.54, 1.807) is 7.05 Å². The van der Waals surface area contributed by atoms with Crippen molar-refractivity contribution in [2.75, 3.05) is 26.7 Å². The number of amides is 2. The fourth-order valence-electron chi connectivity index (χ4n) is 0.739. The van der Waals surface area contributed by atoms with Crippen LogP contribution in [0.15, 0.2) is 0 Å². The molecule has 0 fully saturated rings. The second kappa shape index (κ2) is 5.84. The van der Waals surface area contributed by atoms with Gasteiger partial charge in [0.1, 0.15) is 13.1 Å². The van der Waals surface area contributed by atoms with Crippen LogP contribution >= 0.6 is 0 Å². The lowest BCUT2D eigenvalue weighted by molar-refractivity contribution is 0.176. The fourth-order valence-corrected chi connectivity index (χ4v) is 0.739. The third-order valence-corrected chi connectivity index (χ3v) is 1.59. The average Bonchev–Trinajstić information content (AvgIpc) is 2.15. The molecule has 0 radical (unpaired) electrons. The number of nitriles is 2. The average molecular weight is 180 g/mol. The topological polar surface area (TPSA) is 71.1 Å². The van der Waals surface area contributed by atoms with Crippen molar-refractivity contribution < 1.29 is 4.79 Å². The molecule has 0 spiro atoms. The van der Waals surface area contributed by atoms with Crippen molar-refractivity contribution in [1.82, 2.24) is 9.80 Å². The number of carbonyl (C=O) groups is 1. The van der Waals surface area contributed by atoms with Gasteiger partial charge in [-0.15, -0.1) is 0 Å². The van der Waals surface area contributed by atoms with Gasteiger partial charge in [0.15, 0.2) is 0 Å². The van der Waals surface area contributed by atoms with Gasteiger partial charge in [-0.3, -0.25) is 4.90 Å². The molecule has 0 atom stereocenters. The molecule has 70 valence electrons. The Morgan fingerprint density at radius 1 is 1.31 bits per heavy atom. The van der Waals surface area contributed by atoms with Gasteiger partial charge >= 0.3 is 6.03 Å². The molecule has 0 aliphatic heterocycles. The Labute approximate surface area is 77.8 Å². The van der Waals surface area contributed by atoms with Crippen LogP contribution in [-0.4, -0.2) is 42.5 Å². The standard InChI is InChI=1S/C8H12N4O/c1-3-11(2)8(13)12(6-4-9)7-5-10/h3,6-7H2,1-2H3. The van der Waals surface area contributed by atoms with E-state index >= 15 is 0 Å². The predicted molar refractivity (Wildman–Crippen MR) is 46.5 cm³/mol. The van der Waals surface area contributed by atoms with Crippen LogP contribution in [0.4, 0.5) is 4.79 Å². The van der Waals surface area contributed by atoms with Gasteiger partial charge in [-0.25, -0.2) is 4.79 Å². The first-order valence-electron chi connectivity index (χ1n) is 3.91. The zero-order valence-corrected chi connectivity index (χ0v) is 7.82. The van der Waals surface area contributed by atoms with Crippen molar-refractivity contribution in [3.05, 3.63) is 0 Å². The molecule has 0 unspecified atom stereocenters. The summed E-state index contributed by atoms with van der Waals surface area (Å²) < 4.78 is 0. The van der Waals surface area contributed by atoms with Gasteiger partial charge in [0.2, 0.25) is 0 Å². The minimum absolute atomic E-state index is 0.0449. The molecule has 5 heteroatoms. The maximum atomic E-state index is 11.4. The summed E-state index contributed by atoms with van der Waals surface area (Å²) >= 11 is 0. The smallest absolute Gasteiger partial charge is 0.321 e. The SMILES string of the molecule is CCN(C)C(=O)N(CC#N)CC#N. The molecule has 0 aliphatic carbocycles. The van der Waals surface area contributed by atoms with Gasteiger partial charge in [-0.05, 0) is 6.92 Å². The maximum absolute atomic E-state index is 11.4. The number of urea groups is 1. The Balaban J connectivity index is 4.30. The van der Waals surface area contributed by atoms with Gasteiger partial charge in [0, 0.05) is 13.6 Å². The molecule has 0 aliphatic rings. The summed E-state index contributed by atoms with van der Waals surface area (Å²) in [5, 5.41) is 16.8. The van der Waals surface area contributed by atoms with Crippen molar-refractivity contribution in [2.45, 2.75) is 6.92 Å². The Hall–Kier alpha value is -1.75. The van der Waals surface area contributed by atoms with Crippen molar-refractivity contribution in [1.29, 1.82) is 10.5 Å². The minimum Gasteiger partial charge on any atom is -0.328 e. The van der Waals surface area contributed by atoms with Crippen LogP contribution in [0.3, 0.4) is 0 Å². The highest BCUT2D eigenvalue weighted by molar-refractivity contribution is 5.74. The highest BCUT2D eigenvalue weighted by atomic mass is 16.2. The second-order valence-corrected chi connectivity index (χ2v) is 2.47. The van der Waals surface area contributed by atoms with E-state index < -0.39 is 0 Å². The number of hydrogen-bond acceptors (Lipinski definition) is 3. The third kappa shape index (κ3) is 3.44. The lowest BCUT2D eigenvalue weighted by atomic mass is 10.5. The Morgan fingerprint density at radius 2 is 1.77 bits per heavy atom. The fraction of sp³-hybridized carbons (Fsp3) is 0.625. The van der Waals surface area contributed by atoms with Crippen LogP contribution in [0, 0.1) is 22.7 Å². The normalized spacial score (nSPS) is 8.31. The number of nitrogens with zero attached hydrogens (tertiary/aromatic N) is 4. The first-order valence-corrected chi connectivity index (χ1v) is 3.91. The molecule has 2 amide bonds. The molecule has 13 heavy (non-hydrogen) atoms. The molecule has 0 saturated carbocycles. The van der Waals surface area contributed by atoms with E-state index in [0.717, 1.165) is 0 Å². The summed E-state index contributed by atoms with van der Waals surface area (Å²) in [4.78, 5) is 14.1. The highest BCUT2D eigenvalue weighted by Crippen LogP contribution is 1.95. The lowest BCUT2D eigenvalue weighted by Crippen LogP contribution is -2.41. The lowest BCUT2D eigenvalue weighted by Gasteiger charge is -2.22. The minimum atomic E-state index is -0.286. The summed E-state index contributed by atoms with van der Waals surface area (Å²) in [5.74, 6) is 0. The van der Waals surface area contributed by atoms with E-state index in [0.29, 0.717) is 6.54 Å². The number of hydrogen-bond donors (Lipinski definition) is 0. The first-order chi connectivity index (χ1) is 6.17. The van der Waals surface area contributed by atoms with E-state index in [4.69, 9.17) is 10.5 Å². The quantitative estimate of drug-likeness (QED) is 0.590. The molecule has 0 saturated heterocycles. The molecule has 5 nitrogen and oxygen atoms in total. The van der Waals surface area contributed by atoms with E-state index in [1.807, 2.05) is 19.1 Å². The third-order valence-electron chi connectivity index (χ3n) is 1.59. The largest absolute Gasteiger partial charge is 0.328 e. The second-order valence-electron chi connectivity index (χ2n) is 2.47. The van der Waals surface area contributed by atoms with Crippen molar-refractivity contribution >= 4 is 6.03 Å². The number of carbonyl (C=O) groups excluding carboxylic acids is 1. The van der Waals surface area contributed by atoms with Crippen LogP contribution in [0.1, 0.15) is 6.92 Å². The van der Waals surface area contributed by atoms with E-state index in [1.165, 1.54) is 9.80 Å². The van der Waals surface area contributed by atoms with Crippen LogP contribution in [0.5, 0.6) is 0 Å². The van der Waals surface area contributed by atoms with Crippen molar-refractivity contribution in [2.24, 2.45) is 0 Å². The zero-order chi connectivity index (χ0) is 10.3. The van der Waals surface area contributed by atoms with Gasteiger partial charge in [0.05, 0.1) is 12.1 Å². The summed E-state index contributed by atoms with van der Waals surface area (Å²) in [5.41, 5.74) is 0. The maximum Gasteiger partial charge on any atom is 0.321 e. The predicted octanol–water partition coefficient (Wildman–Crippen LogP) is 0.407. The van der Waals surface area contributed by atoms with Crippen LogP contribution < -0.4 is 0 Å². The van der Waals surface area contributed by atoms with Crippen LogP contribution in [-0.2, 0) is 0 Å². The Kier molecular flexibility index (Phi) is 5.06. The summed E-state index contributed by atoms with van der Waals surface area (Å²) in [6.07, 6.45) is 0. The molecule has 0 aromatic heterocycles. The molecule has 0 aromatic rings. The van der Waals surface area contributed by atoms with Crippen LogP contribution in [0.25, 0.3) is 0 Å². The summed E-state index contributed by atoms with van der Waals surface area (Å²) in [7, 11) is 1.63. The van der Waals surface area contributed by atoms with Gasteiger partial charge in [-0.1, -0.05) is 0 Å². The summed E-state index contributed by atoms with van der Waals surface area (Å²) in [6.45, 7) is 2.30. The molecular formula is C8H12N4O. The van der Waals surface area contributed by atoms with Crippen LogP contribution in [0.2, 0.25) is 0 Å². The summed E-state index contributed by atoms with van der Waals surface area (Å²) in [6, 6.07) is 3.39. The zero-order valence-electron chi connectivity index (χ0n) is 7.82. The van der Waals surface area contributed by atoms with Crippen molar-refractivity contribution in [3.8, 4) is 12.1 Å². The first kappa shape index (κ1) is 11.2. The monoisotopic (exact) mass is 180 g/mol. The number of rotatable bonds is 3. The molecule has 0 N–H and O–H groups in total. The molecular weight excluding hydrogens is 168 g/mol. The highest BCUT2D eigenvalue weighted by Gasteiger charge is 2.15. The molecule has 0 heterocycles. The van der Waals surface area contributed by atoms with E-state index in [9.17, 15) is 4.79 Å². The molecule has 0 aromatic carbocycles. The van der Waals surface area contributed by atoms with E-state index in [-0.39, 0.29) is 19.1 Å². The molecule has 0 rings (SSSR count). The van der Waals surface area contributed by atoms with E-state index in [2.05, 4.69) is 0 Å². The van der Waals surface area contributed by atoms with Gasteiger partial charge in [-0.2, -0.15) is 10.5 Å². The van der Waals surface area contributed by atoms with Gasteiger partial charge in [0.25, 0.3) is 0 Å². The van der Waals surface area contributed by atoms with Gasteiger partial charge < -0.3 is 4.90 Å². The Morgan fingerprint density at radius 3 is 2.08 bits per heavy atom.